The zero-order valence-corrected chi connectivity index (χ0v) is 16.5. The lowest BCUT2D eigenvalue weighted by Crippen LogP contribution is -2.28. The number of rotatable bonds is 6. The summed E-state index contributed by atoms with van der Waals surface area (Å²) >= 11 is 0. The fourth-order valence-electron chi connectivity index (χ4n) is 2.98. The van der Waals surface area contributed by atoms with Crippen molar-refractivity contribution >= 4 is 16.7 Å². The van der Waals surface area contributed by atoms with Gasteiger partial charge in [-0.3, -0.25) is 9.78 Å². The minimum absolute atomic E-state index is 0.0675. The van der Waals surface area contributed by atoms with Crippen LogP contribution in [0.4, 0.5) is 0 Å². The lowest BCUT2D eigenvalue weighted by atomic mass is 10.1. The number of hydrogen-bond acceptors (Lipinski definition) is 8. The van der Waals surface area contributed by atoms with Gasteiger partial charge in [-0.05, 0) is 24.1 Å². The zero-order chi connectivity index (χ0) is 21.1. The molecule has 3 heterocycles. The Morgan fingerprint density at radius 1 is 1.17 bits per heavy atom. The Morgan fingerprint density at radius 3 is 2.70 bits per heavy atom. The molecule has 0 aliphatic carbocycles. The predicted molar refractivity (Wildman–Crippen MR) is 107 cm³/mol. The van der Waals surface area contributed by atoms with Crippen molar-refractivity contribution in [2.45, 2.75) is 27.0 Å². The molecule has 0 atom stereocenters. The first-order chi connectivity index (χ1) is 14.5. The summed E-state index contributed by atoms with van der Waals surface area (Å²) in [5, 5.41) is 8.98. The van der Waals surface area contributed by atoms with Crippen LogP contribution >= 0.6 is 0 Å². The van der Waals surface area contributed by atoms with Crippen LogP contribution in [0, 0.1) is 5.92 Å². The Kier molecular flexibility index (Phi) is 5.34. The van der Waals surface area contributed by atoms with E-state index >= 15 is 0 Å². The second-order valence-corrected chi connectivity index (χ2v) is 7.10. The summed E-state index contributed by atoms with van der Waals surface area (Å²) in [4.78, 5) is 33.6. The molecule has 0 radical (unpaired) electrons. The lowest BCUT2D eigenvalue weighted by molar-refractivity contribution is 0.0422. The summed E-state index contributed by atoms with van der Waals surface area (Å²) in [6.07, 6.45) is 3.25. The third kappa shape index (κ3) is 3.95. The van der Waals surface area contributed by atoms with Gasteiger partial charge in [0, 0.05) is 29.9 Å². The molecule has 3 aromatic heterocycles. The van der Waals surface area contributed by atoms with Gasteiger partial charge in [0.25, 0.3) is 11.4 Å². The van der Waals surface area contributed by atoms with E-state index in [1.54, 1.807) is 48.8 Å². The molecule has 0 N–H and O–H groups in total. The third-order valence-electron chi connectivity index (χ3n) is 4.31. The largest absolute Gasteiger partial charge is 0.451 e. The molecule has 0 aliphatic rings. The summed E-state index contributed by atoms with van der Waals surface area (Å²) in [7, 11) is 0. The number of carbonyl (C=O) groups excluding carboxylic acids is 1. The van der Waals surface area contributed by atoms with Crippen molar-refractivity contribution in [3.8, 4) is 11.4 Å². The highest BCUT2D eigenvalue weighted by atomic mass is 16.6. The predicted octanol–water partition coefficient (Wildman–Crippen LogP) is 2.85. The fourth-order valence-corrected chi connectivity index (χ4v) is 2.98. The Bertz CT molecular complexity index is 1250. The van der Waals surface area contributed by atoms with Crippen molar-refractivity contribution in [3.63, 3.8) is 0 Å². The van der Waals surface area contributed by atoms with Gasteiger partial charge in [-0.1, -0.05) is 37.2 Å². The van der Waals surface area contributed by atoms with Crippen LogP contribution in [0.15, 0.2) is 58.1 Å². The van der Waals surface area contributed by atoms with Gasteiger partial charge in [-0.2, -0.15) is 10.1 Å². The molecule has 30 heavy (non-hydrogen) atoms. The van der Waals surface area contributed by atoms with Crippen LogP contribution < -0.4 is 5.56 Å². The first kappa shape index (κ1) is 19.4. The maximum Gasteiger partial charge on any atom is 0.359 e. The van der Waals surface area contributed by atoms with Gasteiger partial charge < -0.3 is 9.26 Å². The summed E-state index contributed by atoms with van der Waals surface area (Å²) in [5.41, 5.74) is 0.513. The van der Waals surface area contributed by atoms with Crippen molar-refractivity contribution < 1.29 is 14.1 Å². The Morgan fingerprint density at radius 2 is 1.97 bits per heavy atom. The molecule has 9 nitrogen and oxygen atoms in total. The molecular formula is C21H19N5O4. The van der Waals surface area contributed by atoms with Crippen molar-refractivity contribution in [1.29, 1.82) is 0 Å². The van der Waals surface area contributed by atoms with Crippen LogP contribution in [0.5, 0.6) is 0 Å². The summed E-state index contributed by atoms with van der Waals surface area (Å²) < 4.78 is 11.8. The second-order valence-electron chi connectivity index (χ2n) is 7.10. The molecule has 0 saturated heterocycles. The van der Waals surface area contributed by atoms with Gasteiger partial charge >= 0.3 is 5.97 Å². The average molecular weight is 405 g/mol. The third-order valence-corrected chi connectivity index (χ3v) is 4.31. The van der Waals surface area contributed by atoms with Crippen molar-refractivity contribution in [3.05, 3.63) is 70.7 Å². The van der Waals surface area contributed by atoms with Crippen LogP contribution in [0.3, 0.4) is 0 Å². The number of fused-ring (bicyclic) bond motifs is 1. The van der Waals surface area contributed by atoms with Gasteiger partial charge in [0.05, 0.1) is 5.39 Å². The number of ether oxygens (including phenoxy) is 1. The van der Waals surface area contributed by atoms with E-state index in [9.17, 15) is 9.59 Å². The Balaban J connectivity index is 1.58. The molecule has 0 saturated carbocycles. The van der Waals surface area contributed by atoms with Crippen molar-refractivity contribution in [1.82, 2.24) is 24.9 Å². The van der Waals surface area contributed by atoms with Gasteiger partial charge in [-0.15, -0.1) is 0 Å². The lowest BCUT2D eigenvalue weighted by Gasteiger charge is -2.11. The van der Waals surface area contributed by atoms with Gasteiger partial charge in [0.1, 0.15) is 0 Å². The molecule has 9 heteroatoms. The minimum atomic E-state index is -0.676. The number of nitrogens with zero attached hydrogens (tertiary/aromatic N) is 5. The standard InChI is InChI=1S/C21H19N5O4/c1-13(2)11-26-20(27)16-8-4-3-7-15(16)18(24-26)21(28)29-12-17-23-19(25-30-17)14-6-5-9-22-10-14/h3-10,13H,11-12H2,1-2H3. The first-order valence-corrected chi connectivity index (χ1v) is 9.43. The zero-order valence-electron chi connectivity index (χ0n) is 16.5. The molecule has 4 aromatic rings. The van der Waals surface area contributed by atoms with Crippen molar-refractivity contribution in [2.24, 2.45) is 5.92 Å². The Labute approximate surface area is 171 Å². The number of esters is 1. The quantitative estimate of drug-likeness (QED) is 0.450. The van der Waals surface area contributed by atoms with Crippen LogP contribution in [0.1, 0.15) is 30.2 Å². The van der Waals surface area contributed by atoms with Crippen LogP contribution in [-0.4, -0.2) is 30.9 Å². The maximum absolute atomic E-state index is 12.8. The monoisotopic (exact) mass is 405 g/mol. The number of aromatic nitrogens is 5. The molecule has 1 aromatic carbocycles. The molecule has 0 fully saturated rings. The highest BCUT2D eigenvalue weighted by molar-refractivity contribution is 6.02. The molecule has 0 amide bonds. The van der Waals surface area contributed by atoms with E-state index in [0.29, 0.717) is 28.7 Å². The van der Waals surface area contributed by atoms with E-state index in [1.807, 2.05) is 13.8 Å². The van der Waals surface area contributed by atoms with E-state index in [4.69, 9.17) is 9.26 Å². The molecule has 0 spiro atoms. The number of hydrogen-bond donors (Lipinski definition) is 0. The summed E-state index contributed by atoms with van der Waals surface area (Å²) in [5.74, 6) is -0.000394. The van der Waals surface area contributed by atoms with Gasteiger partial charge in [0.15, 0.2) is 12.3 Å². The highest BCUT2D eigenvalue weighted by Gasteiger charge is 2.19. The smallest absolute Gasteiger partial charge is 0.359 e. The number of benzene rings is 1. The minimum Gasteiger partial charge on any atom is -0.451 e. The molecule has 0 bridgehead atoms. The Hall–Kier alpha value is -3.88. The van der Waals surface area contributed by atoms with Gasteiger partial charge in [0.2, 0.25) is 5.82 Å². The van der Waals surface area contributed by atoms with E-state index in [2.05, 4.69) is 20.2 Å². The van der Waals surface area contributed by atoms with E-state index in [1.165, 1.54) is 4.68 Å². The summed E-state index contributed by atoms with van der Waals surface area (Å²) in [6, 6.07) is 10.4. The van der Waals surface area contributed by atoms with Crippen molar-refractivity contribution in [2.75, 3.05) is 0 Å². The molecule has 152 valence electrons. The molecule has 0 unspecified atom stereocenters. The molecular weight excluding hydrogens is 386 g/mol. The van der Waals surface area contributed by atoms with Gasteiger partial charge in [-0.25, -0.2) is 9.48 Å². The van der Waals surface area contributed by atoms with E-state index in [0.717, 1.165) is 0 Å². The van der Waals surface area contributed by atoms with Crippen LogP contribution in [0.25, 0.3) is 22.2 Å². The number of carbonyl (C=O) groups is 1. The summed E-state index contributed by atoms with van der Waals surface area (Å²) in [6.45, 7) is 4.11. The van der Waals surface area contributed by atoms with Crippen LogP contribution in [0.2, 0.25) is 0 Å². The van der Waals surface area contributed by atoms with Crippen LogP contribution in [-0.2, 0) is 17.9 Å². The maximum atomic E-state index is 12.8. The van der Waals surface area contributed by atoms with E-state index < -0.39 is 5.97 Å². The topological polar surface area (TPSA) is 113 Å². The first-order valence-electron chi connectivity index (χ1n) is 9.43. The number of pyridine rings is 1. The SMILES string of the molecule is CC(C)Cn1nc(C(=O)OCc2nc(-c3cccnc3)no2)c2ccccc2c1=O. The van der Waals surface area contributed by atoms with E-state index in [-0.39, 0.29) is 29.7 Å². The second kappa shape index (κ2) is 8.24. The molecule has 0 aliphatic heterocycles. The average Bonchev–Trinajstić information content (AvgIpc) is 3.23. The molecule has 4 rings (SSSR count). The highest BCUT2D eigenvalue weighted by Crippen LogP contribution is 2.17. The normalized spacial score (nSPS) is 11.2. The fraction of sp³-hybridized carbons (Fsp3) is 0.238.